The van der Waals surface area contributed by atoms with Gasteiger partial charge in [0.15, 0.2) is 0 Å². The number of nitrogens with one attached hydrogen (secondary N) is 1. The van der Waals surface area contributed by atoms with Crippen molar-refractivity contribution in [2.75, 3.05) is 27.2 Å². The van der Waals surface area contributed by atoms with Gasteiger partial charge in [-0.3, -0.25) is 4.90 Å². The van der Waals surface area contributed by atoms with E-state index in [2.05, 4.69) is 17.2 Å². The molecule has 0 aromatic carbocycles. The second-order valence-corrected chi connectivity index (χ2v) is 6.64. The highest BCUT2D eigenvalue weighted by molar-refractivity contribution is 5.99. The third kappa shape index (κ3) is 7.75. The monoisotopic (exact) mass is 354 g/mol. The second kappa shape index (κ2) is 11.7. The summed E-state index contributed by atoms with van der Waals surface area (Å²) < 4.78 is 5.17. The van der Waals surface area contributed by atoms with Crippen LogP contribution in [0.15, 0.2) is 4.99 Å². The lowest BCUT2D eigenvalue weighted by molar-refractivity contribution is 0.125. The van der Waals surface area contributed by atoms with Crippen LogP contribution >= 0.6 is 0 Å². The Morgan fingerprint density at radius 3 is 2.40 bits per heavy atom. The molecule has 0 spiro atoms. The predicted molar refractivity (Wildman–Crippen MR) is 99.8 cm³/mol. The molecule has 0 heterocycles. The summed E-state index contributed by atoms with van der Waals surface area (Å²) in [6.45, 7) is 5.10. The molecule has 1 aliphatic carbocycles. The fourth-order valence-electron chi connectivity index (χ4n) is 2.82. The van der Waals surface area contributed by atoms with Crippen LogP contribution in [0, 0.1) is 0 Å². The van der Waals surface area contributed by atoms with E-state index in [0.717, 1.165) is 51.5 Å². The van der Waals surface area contributed by atoms with Crippen molar-refractivity contribution in [3.05, 3.63) is 0 Å². The van der Waals surface area contributed by atoms with Crippen molar-refractivity contribution in [2.24, 2.45) is 4.99 Å². The van der Waals surface area contributed by atoms with E-state index in [1.165, 1.54) is 11.3 Å². The fraction of sp³-hybridized carbons (Fsp3) is 0.833. The van der Waals surface area contributed by atoms with Crippen molar-refractivity contribution in [3.8, 4) is 0 Å². The molecule has 0 aromatic rings. The SMILES string of the molecule is CCCCN(C)/C(=N\C(=O)NC1CCCCC1)N(C)C(=O)OCCC. The van der Waals surface area contributed by atoms with E-state index in [1.807, 2.05) is 18.9 Å². The molecule has 1 aliphatic rings. The van der Waals surface area contributed by atoms with Gasteiger partial charge in [0.2, 0.25) is 5.96 Å². The quantitative estimate of drug-likeness (QED) is 0.584. The number of hydrogen-bond donors (Lipinski definition) is 1. The summed E-state index contributed by atoms with van der Waals surface area (Å²) >= 11 is 0. The van der Waals surface area contributed by atoms with E-state index in [-0.39, 0.29) is 12.1 Å². The summed E-state index contributed by atoms with van der Waals surface area (Å²) in [7, 11) is 3.43. The predicted octanol–water partition coefficient (Wildman–Crippen LogP) is 3.60. The summed E-state index contributed by atoms with van der Waals surface area (Å²) in [4.78, 5) is 31.8. The van der Waals surface area contributed by atoms with Crippen LogP contribution in [0.3, 0.4) is 0 Å². The smallest absolute Gasteiger partial charge is 0.416 e. The summed E-state index contributed by atoms with van der Waals surface area (Å²) in [6.07, 6.45) is 7.74. The molecule has 0 saturated heterocycles. The van der Waals surface area contributed by atoms with Gasteiger partial charge >= 0.3 is 12.1 Å². The minimum absolute atomic E-state index is 0.185. The van der Waals surface area contributed by atoms with Gasteiger partial charge in [0.1, 0.15) is 0 Å². The van der Waals surface area contributed by atoms with Gasteiger partial charge in [0.05, 0.1) is 6.61 Å². The molecule has 0 radical (unpaired) electrons. The van der Waals surface area contributed by atoms with Crippen molar-refractivity contribution in [2.45, 2.75) is 71.3 Å². The minimum Gasteiger partial charge on any atom is -0.449 e. The van der Waals surface area contributed by atoms with E-state index in [1.54, 1.807) is 7.05 Å². The second-order valence-electron chi connectivity index (χ2n) is 6.64. The number of nitrogens with zero attached hydrogens (tertiary/aromatic N) is 3. The molecule has 0 aromatic heterocycles. The van der Waals surface area contributed by atoms with Gasteiger partial charge < -0.3 is 15.0 Å². The van der Waals surface area contributed by atoms with Crippen LogP contribution < -0.4 is 5.32 Å². The third-order valence-electron chi connectivity index (χ3n) is 4.33. The van der Waals surface area contributed by atoms with Crippen LogP contribution in [-0.4, -0.2) is 61.2 Å². The molecular formula is C18H34N4O3. The van der Waals surface area contributed by atoms with Crippen LogP contribution in [0.1, 0.15) is 65.2 Å². The highest BCUT2D eigenvalue weighted by Crippen LogP contribution is 2.17. The van der Waals surface area contributed by atoms with E-state index in [9.17, 15) is 9.59 Å². The highest BCUT2D eigenvalue weighted by Gasteiger charge is 2.22. The third-order valence-corrected chi connectivity index (χ3v) is 4.33. The van der Waals surface area contributed by atoms with E-state index >= 15 is 0 Å². The number of hydrogen-bond acceptors (Lipinski definition) is 3. The molecule has 1 N–H and O–H groups in total. The van der Waals surface area contributed by atoms with Crippen LogP contribution in [0.5, 0.6) is 0 Å². The average molecular weight is 354 g/mol. The van der Waals surface area contributed by atoms with E-state index < -0.39 is 6.09 Å². The molecule has 0 unspecified atom stereocenters. The maximum atomic E-state index is 12.3. The Labute approximate surface area is 151 Å². The number of urea groups is 1. The zero-order chi connectivity index (χ0) is 18.7. The number of ether oxygens (including phenoxy) is 1. The molecule has 1 fully saturated rings. The molecule has 7 heteroatoms. The first kappa shape index (κ1) is 21.3. The molecule has 1 rings (SSSR count). The number of amides is 3. The zero-order valence-electron chi connectivity index (χ0n) is 16.2. The average Bonchev–Trinajstić information content (AvgIpc) is 2.62. The number of unbranched alkanes of at least 4 members (excludes halogenated alkanes) is 1. The summed E-state index contributed by atoms with van der Waals surface area (Å²) in [5, 5.41) is 2.97. The Hall–Kier alpha value is -1.79. The fourth-order valence-corrected chi connectivity index (χ4v) is 2.82. The van der Waals surface area contributed by atoms with Crippen LogP contribution in [-0.2, 0) is 4.74 Å². The largest absolute Gasteiger partial charge is 0.449 e. The van der Waals surface area contributed by atoms with Gasteiger partial charge in [-0.15, -0.1) is 0 Å². The van der Waals surface area contributed by atoms with Crippen molar-refractivity contribution >= 4 is 18.1 Å². The molecule has 0 bridgehead atoms. The maximum Gasteiger partial charge on any atom is 0.416 e. The standard InChI is InChI=1S/C18H34N4O3/c1-5-7-13-21(3)17(22(4)18(24)25-14-6-2)20-16(23)19-15-11-9-8-10-12-15/h15H,5-14H2,1-4H3,(H,19,23)/b20-17+. The number of aliphatic imine (C=N–C) groups is 1. The van der Waals surface area contributed by atoms with Crippen molar-refractivity contribution in [3.63, 3.8) is 0 Å². The molecule has 25 heavy (non-hydrogen) atoms. The number of rotatable bonds is 6. The first-order valence-corrected chi connectivity index (χ1v) is 9.50. The van der Waals surface area contributed by atoms with Crippen molar-refractivity contribution < 1.29 is 14.3 Å². The maximum absolute atomic E-state index is 12.3. The van der Waals surface area contributed by atoms with E-state index in [4.69, 9.17) is 4.74 Å². The topological polar surface area (TPSA) is 74.2 Å². The molecular weight excluding hydrogens is 320 g/mol. The first-order chi connectivity index (χ1) is 12.0. The Morgan fingerprint density at radius 1 is 1.12 bits per heavy atom. The highest BCUT2D eigenvalue weighted by atomic mass is 16.6. The Kier molecular flexibility index (Phi) is 9.96. The summed E-state index contributed by atoms with van der Waals surface area (Å²) in [6, 6.07) is -0.204. The zero-order valence-corrected chi connectivity index (χ0v) is 16.2. The van der Waals surface area contributed by atoms with Gasteiger partial charge in [-0.2, -0.15) is 4.99 Å². The number of carbonyl (C=O) groups is 2. The molecule has 0 aliphatic heterocycles. The lowest BCUT2D eigenvalue weighted by atomic mass is 9.96. The molecule has 1 saturated carbocycles. The molecule has 3 amide bonds. The van der Waals surface area contributed by atoms with Crippen LogP contribution in [0.2, 0.25) is 0 Å². The van der Waals surface area contributed by atoms with Gasteiger partial charge in [0, 0.05) is 26.7 Å². The molecule has 7 nitrogen and oxygen atoms in total. The lowest BCUT2D eigenvalue weighted by Crippen LogP contribution is -2.46. The number of guanidine groups is 1. The van der Waals surface area contributed by atoms with Gasteiger partial charge in [0.25, 0.3) is 0 Å². The Balaban J connectivity index is 2.79. The van der Waals surface area contributed by atoms with Gasteiger partial charge in [-0.1, -0.05) is 39.5 Å². The van der Waals surface area contributed by atoms with Crippen molar-refractivity contribution in [1.82, 2.24) is 15.1 Å². The van der Waals surface area contributed by atoms with E-state index in [0.29, 0.717) is 12.6 Å². The number of carbonyl (C=O) groups excluding carboxylic acids is 2. The molecule has 144 valence electrons. The summed E-state index contributed by atoms with van der Waals surface area (Å²) in [5.74, 6) is 0.322. The van der Waals surface area contributed by atoms with Crippen LogP contribution in [0.25, 0.3) is 0 Å². The lowest BCUT2D eigenvalue weighted by Gasteiger charge is -2.27. The molecule has 0 atom stereocenters. The summed E-state index contributed by atoms with van der Waals surface area (Å²) in [5.41, 5.74) is 0. The Bertz CT molecular complexity index is 448. The normalized spacial score (nSPS) is 15.6. The van der Waals surface area contributed by atoms with Gasteiger partial charge in [-0.25, -0.2) is 9.59 Å². The first-order valence-electron chi connectivity index (χ1n) is 9.50. The Morgan fingerprint density at radius 2 is 1.80 bits per heavy atom. The van der Waals surface area contributed by atoms with Gasteiger partial charge in [-0.05, 0) is 25.7 Å². The van der Waals surface area contributed by atoms with Crippen molar-refractivity contribution in [1.29, 1.82) is 0 Å². The minimum atomic E-state index is -0.491. The van der Waals surface area contributed by atoms with Crippen LogP contribution in [0.4, 0.5) is 9.59 Å².